The van der Waals surface area contributed by atoms with Crippen LogP contribution >= 0.6 is 12.4 Å². The highest BCUT2D eigenvalue weighted by Gasteiger charge is 2.28. The van der Waals surface area contributed by atoms with E-state index in [0.717, 1.165) is 23.4 Å². The molecule has 0 bridgehead atoms. The lowest BCUT2D eigenvalue weighted by atomic mass is 10.1. The number of hydrogen-bond donors (Lipinski definition) is 2. The highest BCUT2D eigenvalue weighted by molar-refractivity contribution is 7.93. The Morgan fingerprint density at radius 3 is 2.57 bits per heavy atom. The molecule has 0 unspecified atom stereocenters. The minimum absolute atomic E-state index is 0. The third-order valence-electron chi connectivity index (χ3n) is 4.67. The molecule has 2 N–H and O–H groups in total. The smallest absolute Gasteiger partial charge is 0.255 e. The van der Waals surface area contributed by atoms with Crippen molar-refractivity contribution < 1.29 is 13.2 Å². The molecule has 2 aromatic rings. The van der Waals surface area contributed by atoms with Crippen LogP contribution in [-0.4, -0.2) is 33.2 Å². The molecule has 6 nitrogen and oxygen atoms in total. The van der Waals surface area contributed by atoms with Gasteiger partial charge in [-0.3, -0.25) is 9.10 Å². The summed E-state index contributed by atoms with van der Waals surface area (Å²) < 4.78 is 25.6. The summed E-state index contributed by atoms with van der Waals surface area (Å²) in [5.41, 5.74) is 3.69. The Morgan fingerprint density at radius 1 is 1.18 bits per heavy atom. The Kier molecular flexibility index (Phi) is 7.46. The molecular formula is C20H26ClN3O3S. The van der Waals surface area contributed by atoms with Crippen LogP contribution in [0.15, 0.2) is 42.5 Å². The highest BCUT2D eigenvalue weighted by atomic mass is 35.5. The molecule has 1 aliphatic heterocycles. The number of benzene rings is 2. The summed E-state index contributed by atoms with van der Waals surface area (Å²) in [5, 5.41) is 6.23. The molecule has 1 aliphatic rings. The number of nitrogens with one attached hydrogen (secondary N) is 2. The standard InChI is InChI=1S/C20H25N3O3S.ClH/c1-3-21-14-16-7-4-5-8-19(16)22-20(24)18-10-9-17(13-15(18)2)23-11-6-12-27(23,25)26;/h4-5,7-10,13,21H,3,6,11-12,14H2,1-2H3,(H,22,24);1H. The number of carbonyl (C=O) groups excluding carboxylic acids is 1. The predicted octanol–water partition coefficient (Wildman–Crippen LogP) is 3.32. The Hall–Kier alpha value is -2.09. The monoisotopic (exact) mass is 423 g/mol. The lowest BCUT2D eigenvalue weighted by Gasteiger charge is -2.18. The summed E-state index contributed by atoms with van der Waals surface area (Å²) in [6, 6.07) is 12.9. The second-order valence-corrected chi connectivity index (χ2v) is 8.65. The van der Waals surface area contributed by atoms with Gasteiger partial charge in [-0.2, -0.15) is 0 Å². The van der Waals surface area contributed by atoms with Gasteiger partial charge in [0.15, 0.2) is 0 Å². The van der Waals surface area contributed by atoms with Gasteiger partial charge in [0.25, 0.3) is 5.91 Å². The van der Waals surface area contributed by atoms with Gasteiger partial charge in [0, 0.05) is 24.3 Å². The van der Waals surface area contributed by atoms with Crippen LogP contribution in [0.4, 0.5) is 11.4 Å². The molecule has 0 atom stereocenters. The van der Waals surface area contributed by atoms with Gasteiger partial charge in [-0.1, -0.05) is 25.1 Å². The molecule has 2 aromatic carbocycles. The molecule has 28 heavy (non-hydrogen) atoms. The Balaban J connectivity index is 0.00000280. The average molecular weight is 424 g/mol. The van der Waals surface area contributed by atoms with Gasteiger partial charge in [-0.15, -0.1) is 12.4 Å². The Morgan fingerprint density at radius 2 is 1.93 bits per heavy atom. The lowest BCUT2D eigenvalue weighted by Crippen LogP contribution is -2.25. The zero-order valence-corrected chi connectivity index (χ0v) is 17.7. The zero-order valence-electron chi connectivity index (χ0n) is 16.1. The van der Waals surface area contributed by atoms with Gasteiger partial charge in [0.05, 0.1) is 11.4 Å². The Bertz CT molecular complexity index is 947. The molecule has 1 fully saturated rings. The molecule has 1 saturated heterocycles. The number of carbonyl (C=O) groups is 1. The lowest BCUT2D eigenvalue weighted by molar-refractivity contribution is 0.102. The largest absolute Gasteiger partial charge is 0.322 e. The number of anilines is 2. The number of rotatable bonds is 6. The first kappa shape index (κ1) is 22.2. The summed E-state index contributed by atoms with van der Waals surface area (Å²) >= 11 is 0. The maximum absolute atomic E-state index is 12.8. The molecule has 8 heteroatoms. The number of hydrogen-bond acceptors (Lipinski definition) is 4. The first-order valence-corrected chi connectivity index (χ1v) is 10.7. The van der Waals surface area contributed by atoms with Crippen molar-refractivity contribution in [2.24, 2.45) is 0 Å². The minimum Gasteiger partial charge on any atom is -0.322 e. The van der Waals surface area contributed by atoms with Crippen LogP contribution in [0.3, 0.4) is 0 Å². The van der Waals surface area contributed by atoms with Crippen molar-refractivity contribution >= 4 is 39.7 Å². The third kappa shape index (κ3) is 4.84. The average Bonchev–Trinajstić information content (AvgIpc) is 3.00. The molecule has 0 saturated carbocycles. The quantitative estimate of drug-likeness (QED) is 0.747. The van der Waals surface area contributed by atoms with Crippen molar-refractivity contribution in [1.29, 1.82) is 0 Å². The Labute approximate surface area is 172 Å². The maximum atomic E-state index is 12.8. The molecule has 1 heterocycles. The van der Waals surface area contributed by atoms with Gasteiger partial charge in [-0.25, -0.2) is 8.42 Å². The van der Waals surface area contributed by atoms with Crippen molar-refractivity contribution in [2.75, 3.05) is 28.5 Å². The molecule has 3 rings (SSSR count). The van der Waals surface area contributed by atoms with Crippen molar-refractivity contribution in [1.82, 2.24) is 5.32 Å². The second kappa shape index (κ2) is 9.41. The second-order valence-electron chi connectivity index (χ2n) is 6.63. The summed E-state index contributed by atoms with van der Waals surface area (Å²) in [4.78, 5) is 12.8. The summed E-state index contributed by atoms with van der Waals surface area (Å²) in [6.07, 6.45) is 0.631. The van der Waals surface area contributed by atoms with Crippen LogP contribution in [0.25, 0.3) is 0 Å². The number of amides is 1. The maximum Gasteiger partial charge on any atom is 0.255 e. The van der Waals surface area contributed by atoms with E-state index in [0.29, 0.717) is 30.8 Å². The molecule has 0 aromatic heterocycles. The van der Waals surface area contributed by atoms with Crippen molar-refractivity contribution in [3.63, 3.8) is 0 Å². The van der Waals surface area contributed by atoms with Gasteiger partial charge >= 0.3 is 0 Å². The SMILES string of the molecule is CCNCc1ccccc1NC(=O)c1ccc(N2CCCS2(=O)=O)cc1C.Cl. The van der Waals surface area contributed by atoms with Gasteiger partial charge in [0.2, 0.25) is 10.0 Å². The van der Waals surface area contributed by atoms with E-state index < -0.39 is 10.0 Å². The first-order chi connectivity index (χ1) is 12.9. The van der Waals surface area contributed by atoms with Gasteiger partial charge in [-0.05, 0) is 55.3 Å². The number of aryl methyl sites for hydroxylation is 1. The first-order valence-electron chi connectivity index (χ1n) is 9.13. The van der Waals surface area contributed by atoms with Crippen LogP contribution in [0, 0.1) is 6.92 Å². The van der Waals surface area contributed by atoms with E-state index in [1.165, 1.54) is 4.31 Å². The van der Waals surface area contributed by atoms with Gasteiger partial charge in [0.1, 0.15) is 0 Å². The number of para-hydroxylation sites is 1. The van der Waals surface area contributed by atoms with Gasteiger partial charge < -0.3 is 10.6 Å². The molecule has 0 spiro atoms. The summed E-state index contributed by atoms with van der Waals surface area (Å²) in [7, 11) is -3.23. The predicted molar refractivity (Wildman–Crippen MR) is 116 cm³/mol. The van der Waals surface area contributed by atoms with E-state index in [1.54, 1.807) is 18.2 Å². The third-order valence-corrected chi connectivity index (χ3v) is 6.54. The molecular weight excluding hydrogens is 398 g/mol. The van der Waals surface area contributed by atoms with E-state index in [-0.39, 0.29) is 24.1 Å². The van der Waals surface area contributed by atoms with Crippen LogP contribution < -0.4 is 14.9 Å². The molecule has 0 aliphatic carbocycles. The van der Waals surface area contributed by atoms with Crippen LogP contribution in [0.2, 0.25) is 0 Å². The fraction of sp³-hybridized carbons (Fsp3) is 0.350. The van der Waals surface area contributed by atoms with E-state index in [4.69, 9.17) is 0 Å². The molecule has 152 valence electrons. The van der Waals surface area contributed by atoms with Crippen molar-refractivity contribution in [3.05, 3.63) is 59.2 Å². The topological polar surface area (TPSA) is 78.5 Å². The number of halogens is 1. The highest BCUT2D eigenvalue weighted by Crippen LogP contribution is 2.26. The van der Waals surface area contributed by atoms with E-state index in [1.807, 2.05) is 38.1 Å². The van der Waals surface area contributed by atoms with E-state index >= 15 is 0 Å². The van der Waals surface area contributed by atoms with Crippen molar-refractivity contribution in [3.8, 4) is 0 Å². The summed E-state index contributed by atoms with van der Waals surface area (Å²) in [5.74, 6) is -0.0241. The molecule has 1 amide bonds. The van der Waals surface area contributed by atoms with E-state index in [2.05, 4.69) is 10.6 Å². The van der Waals surface area contributed by atoms with Crippen LogP contribution in [-0.2, 0) is 16.6 Å². The van der Waals surface area contributed by atoms with E-state index in [9.17, 15) is 13.2 Å². The normalized spacial score (nSPS) is 15.1. The van der Waals surface area contributed by atoms with Crippen molar-refractivity contribution in [2.45, 2.75) is 26.8 Å². The minimum atomic E-state index is -3.23. The fourth-order valence-corrected chi connectivity index (χ4v) is 4.79. The summed E-state index contributed by atoms with van der Waals surface area (Å²) in [6.45, 7) is 5.88. The number of nitrogens with zero attached hydrogens (tertiary/aromatic N) is 1. The van der Waals surface area contributed by atoms with Crippen LogP contribution in [0.1, 0.15) is 34.8 Å². The molecule has 0 radical (unpaired) electrons. The zero-order chi connectivity index (χ0) is 19.4. The number of sulfonamides is 1. The van der Waals surface area contributed by atoms with Crippen LogP contribution in [0.5, 0.6) is 0 Å². The fourth-order valence-electron chi connectivity index (χ4n) is 3.23.